The highest BCUT2D eigenvalue weighted by molar-refractivity contribution is 7.71. The van der Waals surface area contributed by atoms with Gasteiger partial charge < -0.3 is 5.32 Å². The van der Waals surface area contributed by atoms with Crippen LogP contribution in [0.5, 0.6) is 0 Å². The van der Waals surface area contributed by atoms with Gasteiger partial charge in [-0.15, -0.1) is 0 Å². The van der Waals surface area contributed by atoms with E-state index in [-0.39, 0.29) is 18.1 Å². The second kappa shape index (κ2) is 7.43. The Morgan fingerprint density at radius 3 is 2.64 bits per heavy atom. The number of benzene rings is 1. The number of anilines is 1. The summed E-state index contributed by atoms with van der Waals surface area (Å²) in [7, 11) is 0. The minimum Gasteiger partial charge on any atom is -0.322 e. The Morgan fingerprint density at radius 1 is 1.24 bits per heavy atom. The fourth-order valence-electron chi connectivity index (χ4n) is 2.51. The fraction of sp³-hybridized carbons (Fsp3) is 0.235. The van der Waals surface area contributed by atoms with E-state index in [0.717, 1.165) is 18.7 Å². The van der Waals surface area contributed by atoms with Gasteiger partial charge in [0.2, 0.25) is 10.7 Å². The van der Waals surface area contributed by atoms with Crippen molar-refractivity contribution in [3.8, 4) is 0 Å². The molecule has 0 atom stereocenters. The summed E-state index contributed by atoms with van der Waals surface area (Å²) >= 11 is 5.47. The van der Waals surface area contributed by atoms with Crippen LogP contribution in [0.1, 0.15) is 19.2 Å². The molecule has 2 aromatic heterocycles. The third-order valence-electron chi connectivity index (χ3n) is 3.62. The maximum Gasteiger partial charge on any atom is 0.246 e. The van der Waals surface area contributed by atoms with Gasteiger partial charge in [0, 0.05) is 18.8 Å². The molecule has 0 unspecified atom stereocenters. The Kier molecular flexibility index (Phi) is 5.08. The first-order chi connectivity index (χ1) is 12.1. The molecule has 0 fully saturated rings. The van der Waals surface area contributed by atoms with Crippen LogP contribution in [0.3, 0.4) is 0 Å². The monoisotopic (exact) mass is 359 g/mol. The number of amides is 1. The second-order valence-electron chi connectivity index (χ2n) is 5.51. The average molecular weight is 359 g/mol. The molecule has 130 valence electrons. The fourth-order valence-corrected chi connectivity index (χ4v) is 2.81. The number of nitrogens with zero attached hydrogens (tertiary/aromatic N) is 4. The molecule has 0 aliphatic rings. The zero-order valence-electron chi connectivity index (χ0n) is 13.7. The van der Waals surface area contributed by atoms with Gasteiger partial charge in [0.1, 0.15) is 12.4 Å². The van der Waals surface area contributed by atoms with Crippen molar-refractivity contribution in [3.63, 3.8) is 0 Å². The van der Waals surface area contributed by atoms with E-state index in [1.165, 1.54) is 16.8 Å². The summed E-state index contributed by atoms with van der Waals surface area (Å²) in [6.45, 7) is 1.96. The van der Waals surface area contributed by atoms with Crippen molar-refractivity contribution in [2.24, 2.45) is 0 Å². The molecule has 2 heterocycles. The molecule has 25 heavy (non-hydrogen) atoms. The van der Waals surface area contributed by atoms with Crippen molar-refractivity contribution in [2.45, 2.75) is 26.3 Å². The zero-order valence-corrected chi connectivity index (χ0v) is 14.5. The summed E-state index contributed by atoms with van der Waals surface area (Å²) in [5.74, 6) is -0.104. The highest BCUT2D eigenvalue weighted by Gasteiger charge is 2.14. The predicted molar refractivity (Wildman–Crippen MR) is 95.3 cm³/mol. The lowest BCUT2D eigenvalue weighted by atomic mass is 10.3. The molecule has 3 aromatic rings. The Hall–Kier alpha value is -2.74. The maximum absolute atomic E-state index is 13.7. The van der Waals surface area contributed by atoms with Crippen molar-refractivity contribution in [3.05, 3.63) is 65.2 Å². The first-order valence-corrected chi connectivity index (χ1v) is 8.37. The van der Waals surface area contributed by atoms with Gasteiger partial charge in [-0.2, -0.15) is 5.10 Å². The van der Waals surface area contributed by atoms with Crippen LogP contribution in [0.4, 0.5) is 10.1 Å². The number of halogens is 1. The lowest BCUT2D eigenvalue weighted by molar-refractivity contribution is -0.117. The first-order valence-electron chi connectivity index (χ1n) is 7.97. The van der Waals surface area contributed by atoms with Crippen molar-refractivity contribution >= 4 is 23.8 Å². The van der Waals surface area contributed by atoms with Crippen LogP contribution < -0.4 is 5.32 Å². The first kappa shape index (κ1) is 17.1. The van der Waals surface area contributed by atoms with Crippen LogP contribution in [0.25, 0.3) is 0 Å². The Bertz CT molecular complexity index is 929. The van der Waals surface area contributed by atoms with Gasteiger partial charge in [0.05, 0.1) is 5.69 Å². The van der Waals surface area contributed by atoms with Gasteiger partial charge in [0.15, 0.2) is 5.82 Å². The molecule has 0 bridgehead atoms. The van der Waals surface area contributed by atoms with Crippen molar-refractivity contribution < 1.29 is 9.18 Å². The molecule has 0 saturated heterocycles. The zero-order chi connectivity index (χ0) is 17.8. The maximum atomic E-state index is 13.7. The van der Waals surface area contributed by atoms with E-state index in [4.69, 9.17) is 12.2 Å². The van der Waals surface area contributed by atoms with Crippen LogP contribution in [0.2, 0.25) is 0 Å². The van der Waals surface area contributed by atoms with Crippen molar-refractivity contribution in [1.82, 2.24) is 19.1 Å². The summed E-state index contributed by atoms with van der Waals surface area (Å²) in [5, 5.41) is 7.00. The molecular weight excluding hydrogens is 341 g/mol. The number of aryl methyl sites for hydroxylation is 1. The van der Waals surface area contributed by atoms with Crippen LogP contribution in [0, 0.1) is 10.6 Å². The molecule has 0 aliphatic carbocycles. The third kappa shape index (κ3) is 3.69. The predicted octanol–water partition coefficient (Wildman–Crippen LogP) is 3.26. The molecule has 0 spiro atoms. The number of rotatable bonds is 6. The van der Waals surface area contributed by atoms with Crippen molar-refractivity contribution in [1.29, 1.82) is 0 Å². The molecule has 3 rings (SSSR count). The minimum absolute atomic E-state index is 0.0852. The SMILES string of the molecule is CCCc1nn(CC(=O)Nc2ccccc2F)c(=S)n1-n1cccc1. The summed E-state index contributed by atoms with van der Waals surface area (Å²) in [6, 6.07) is 9.80. The summed E-state index contributed by atoms with van der Waals surface area (Å²) in [6.07, 6.45) is 5.35. The number of carbonyl (C=O) groups is 1. The number of aromatic nitrogens is 4. The number of hydrogen-bond donors (Lipinski definition) is 1. The molecule has 1 N–H and O–H groups in total. The van der Waals surface area contributed by atoms with Crippen LogP contribution in [-0.4, -0.2) is 25.0 Å². The smallest absolute Gasteiger partial charge is 0.246 e. The molecule has 0 aliphatic heterocycles. The Labute approximate surface area is 149 Å². The van der Waals surface area contributed by atoms with E-state index >= 15 is 0 Å². The highest BCUT2D eigenvalue weighted by Crippen LogP contribution is 2.13. The highest BCUT2D eigenvalue weighted by atomic mass is 32.1. The minimum atomic E-state index is -0.482. The lowest BCUT2D eigenvalue weighted by Crippen LogP contribution is -2.20. The van der Waals surface area contributed by atoms with Crippen LogP contribution in [-0.2, 0) is 17.8 Å². The van der Waals surface area contributed by atoms with E-state index in [2.05, 4.69) is 10.4 Å². The Morgan fingerprint density at radius 2 is 1.96 bits per heavy atom. The summed E-state index contributed by atoms with van der Waals surface area (Å²) in [4.78, 5) is 12.3. The van der Waals surface area contributed by atoms with E-state index in [0.29, 0.717) is 4.77 Å². The molecule has 0 saturated carbocycles. The normalized spacial score (nSPS) is 10.8. The summed E-state index contributed by atoms with van der Waals surface area (Å²) in [5.41, 5.74) is 0.137. The van der Waals surface area contributed by atoms with E-state index < -0.39 is 5.82 Å². The lowest BCUT2D eigenvalue weighted by Gasteiger charge is -2.07. The van der Waals surface area contributed by atoms with Crippen LogP contribution in [0.15, 0.2) is 48.8 Å². The number of nitrogens with one attached hydrogen (secondary N) is 1. The second-order valence-corrected chi connectivity index (χ2v) is 5.87. The van der Waals surface area contributed by atoms with E-state index in [1.807, 2.05) is 36.1 Å². The van der Waals surface area contributed by atoms with Gasteiger partial charge in [-0.25, -0.2) is 13.7 Å². The van der Waals surface area contributed by atoms with Gasteiger partial charge in [-0.05, 0) is 42.9 Å². The number of para-hydroxylation sites is 1. The van der Waals surface area contributed by atoms with Crippen molar-refractivity contribution in [2.75, 3.05) is 5.32 Å². The molecule has 0 radical (unpaired) electrons. The average Bonchev–Trinajstić information content (AvgIpc) is 3.19. The molecule has 8 heteroatoms. The van der Waals surface area contributed by atoms with E-state index in [9.17, 15) is 9.18 Å². The number of hydrogen-bond acceptors (Lipinski definition) is 3. The quantitative estimate of drug-likeness (QED) is 0.688. The molecule has 1 aromatic carbocycles. The van der Waals surface area contributed by atoms with Gasteiger partial charge >= 0.3 is 0 Å². The topological polar surface area (TPSA) is 56.8 Å². The molecular formula is C17H18FN5OS. The molecule has 1 amide bonds. The van der Waals surface area contributed by atoms with Gasteiger partial charge in [0.25, 0.3) is 0 Å². The van der Waals surface area contributed by atoms with Gasteiger partial charge in [-0.3, -0.25) is 9.47 Å². The van der Waals surface area contributed by atoms with E-state index in [1.54, 1.807) is 16.8 Å². The number of carbonyl (C=O) groups excluding carboxylic acids is 1. The third-order valence-corrected chi connectivity index (χ3v) is 4.00. The molecule has 6 nitrogen and oxygen atoms in total. The summed E-state index contributed by atoms with van der Waals surface area (Å²) < 4.78 is 19.1. The van der Waals surface area contributed by atoms with Gasteiger partial charge in [-0.1, -0.05) is 19.1 Å². The van der Waals surface area contributed by atoms with Crippen LogP contribution >= 0.6 is 12.2 Å². The largest absolute Gasteiger partial charge is 0.322 e. The standard InChI is InChI=1S/C17H18FN5OS/c1-2-7-15-20-22(17(25)23(15)21-10-5-6-11-21)12-16(24)19-14-9-4-3-8-13(14)18/h3-6,8-11H,2,7,12H2,1H3,(H,19,24). The Balaban J connectivity index is 1.85.